The predicted molar refractivity (Wildman–Crippen MR) is 100 cm³/mol. The van der Waals surface area contributed by atoms with Crippen LogP contribution in [0.1, 0.15) is 42.7 Å². The average molecular weight is 325 g/mol. The molecule has 2 unspecified atom stereocenters. The summed E-state index contributed by atoms with van der Waals surface area (Å²) in [4.78, 5) is 4.52. The summed E-state index contributed by atoms with van der Waals surface area (Å²) in [6.45, 7) is 7.25. The Morgan fingerprint density at radius 2 is 1.71 bits per heavy atom. The maximum atomic E-state index is 10.3. The normalized spacial score (nSPS) is 14.1. The third-order valence-electron chi connectivity index (χ3n) is 3.88. The summed E-state index contributed by atoms with van der Waals surface area (Å²) >= 11 is 0. The molecule has 0 radical (unpaired) electrons. The smallest absolute Gasteiger partial charge is 0.191 e. The lowest BCUT2D eigenvalue weighted by atomic mass is 10.1. The number of aliphatic imine (C=N–C) groups is 1. The molecule has 2 atom stereocenters. The first kappa shape index (κ1) is 18.0. The van der Waals surface area contributed by atoms with Crippen molar-refractivity contribution in [2.24, 2.45) is 4.99 Å². The predicted octanol–water partition coefficient (Wildman–Crippen LogP) is 3.34. The van der Waals surface area contributed by atoms with Gasteiger partial charge in [-0.3, -0.25) is 4.99 Å². The molecule has 0 bridgehead atoms. The standard InChI is InChI=1S/C20H27N3O/c1-4-21-20(23-16(3)17-8-6-5-7-9-17)22-14-19(24)18-12-10-15(2)11-13-18/h5-13,16,19,24H,4,14H2,1-3H3,(H2,21,22,23). The Morgan fingerprint density at radius 1 is 1.04 bits per heavy atom. The third kappa shape index (κ3) is 5.39. The molecule has 0 amide bonds. The van der Waals surface area contributed by atoms with Gasteiger partial charge < -0.3 is 15.7 Å². The molecular weight excluding hydrogens is 298 g/mol. The van der Waals surface area contributed by atoms with Crippen molar-refractivity contribution in [3.63, 3.8) is 0 Å². The highest BCUT2D eigenvalue weighted by Crippen LogP contribution is 2.14. The summed E-state index contributed by atoms with van der Waals surface area (Å²) in [6, 6.07) is 18.3. The van der Waals surface area contributed by atoms with E-state index in [0.717, 1.165) is 12.1 Å². The molecule has 3 N–H and O–H groups in total. The van der Waals surface area contributed by atoms with Crippen LogP contribution in [0.2, 0.25) is 0 Å². The zero-order valence-corrected chi connectivity index (χ0v) is 14.7. The van der Waals surface area contributed by atoms with Crippen LogP contribution in [0.4, 0.5) is 0 Å². The fourth-order valence-corrected chi connectivity index (χ4v) is 2.42. The fraction of sp³-hybridized carbons (Fsp3) is 0.350. The largest absolute Gasteiger partial charge is 0.386 e. The van der Waals surface area contributed by atoms with E-state index in [-0.39, 0.29) is 6.04 Å². The van der Waals surface area contributed by atoms with Crippen molar-refractivity contribution >= 4 is 5.96 Å². The minimum atomic E-state index is -0.604. The third-order valence-corrected chi connectivity index (χ3v) is 3.88. The maximum Gasteiger partial charge on any atom is 0.191 e. The van der Waals surface area contributed by atoms with E-state index < -0.39 is 6.10 Å². The topological polar surface area (TPSA) is 56.7 Å². The summed E-state index contributed by atoms with van der Waals surface area (Å²) < 4.78 is 0. The minimum Gasteiger partial charge on any atom is -0.386 e. The molecule has 2 aromatic rings. The molecule has 0 saturated heterocycles. The second-order valence-corrected chi connectivity index (χ2v) is 5.92. The summed E-state index contributed by atoms with van der Waals surface area (Å²) in [5.41, 5.74) is 3.26. The molecular formula is C20H27N3O. The summed E-state index contributed by atoms with van der Waals surface area (Å²) in [5, 5.41) is 16.9. The van der Waals surface area contributed by atoms with Crippen LogP contribution in [0.25, 0.3) is 0 Å². The van der Waals surface area contributed by atoms with Gasteiger partial charge >= 0.3 is 0 Å². The molecule has 4 nitrogen and oxygen atoms in total. The quantitative estimate of drug-likeness (QED) is 0.564. The number of hydrogen-bond acceptors (Lipinski definition) is 2. The number of aliphatic hydroxyl groups is 1. The molecule has 2 aromatic carbocycles. The van der Waals surface area contributed by atoms with Crippen LogP contribution in [0.15, 0.2) is 59.6 Å². The second kappa shape index (κ2) is 9.08. The van der Waals surface area contributed by atoms with Gasteiger partial charge in [0.25, 0.3) is 0 Å². The van der Waals surface area contributed by atoms with E-state index in [1.807, 2.05) is 56.3 Å². The maximum absolute atomic E-state index is 10.3. The van der Waals surface area contributed by atoms with Crippen molar-refractivity contribution in [2.45, 2.75) is 32.9 Å². The van der Waals surface area contributed by atoms with E-state index in [0.29, 0.717) is 12.5 Å². The Labute approximate surface area is 144 Å². The Balaban J connectivity index is 2.00. The highest BCUT2D eigenvalue weighted by molar-refractivity contribution is 5.80. The summed E-state index contributed by atoms with van der Waals surface area (Å²) in [5.74, 6) is 0.708. The van der Waals surface area contributed by atoms with Crippen molar-refractivity contribution in [2.75, 3.05) is 13.1 Å². The van der Waals surface area contributed by atoms with E-state index in [9.17, 15) is 5.11 Å². The highest BCUT2D eigenvalue weighted by Gasteiger charge is 2.10. The molecule has 24 heavy (non-hydrogen) atoms. The fourth-order valence-electron chi connectivity index (χ4n) is 2.42. The number of aryl methyl sites for hydroxylation is 1. The highest BCUT2D eigenvalue weighted by atomic mass is 16.3. The van der Waals surface area contributed by atoms with Gasteiger partial charge in [0.05, 0.1) is 18.7 Å². The lowest BCUT2D eigenvalue weighted by Crippen LogP contribution is -2.39. The van der Waals surface area contributed by atoms with Crippen LogP contribution in [0, 0.1) is 6.92 Å². The van der Waals surface area contributed by atoms with Crippen LogP contribution >= 0.6 is 0 Å². The number of guanidine groups is 1. The number of nitrogens with zero attached hydrogens (tertiary/aromatic N) is 1. The first-order valence-electron chi connectivity index (χ1n) is 8.44. The number of aliphatic hydroxyl groups excluding tert-OH is 1. The molecule has 0 aromatic heterocycles. The van der Waals surface area contributed by atoms with Gasteiger partial charge in [-0.15, -0.1) is 0 Å². The van der Waals surface area contributed by atoms with Crippen molar-refractivity contribution < 1.29 is 5.11 Å². The van der Waals surface area contributed by atoms with Gasteiger partial charge in [-0.1, -0.05) is 60.2 Å². The lowest BCUT2D eigenvalue weighted by Gasteiger charge is -2.19. The van der Waals surface area contributed by atoms with Gasteiger partial charge in [-0.05, 0) is 31.9 Å². The van der Waals surface area contributed by atoms with Crippen LogP contribution in [0.3, 0.4) is 0 Å². The molecule has 2 rings (SSSR count). The van der Waals surface area contributed by atoms with Gasteiger partial charge in [0, 0.05) is 6.54 Å². The van der Waals surface area contributed by atoms with Crippen LogP contribution in [-0.4, -0.2) is 24.2 Å². The van der Waals surface area contributed by atoms with Gasteiger partial charge in [0.1, 0.15) is 0 Å². The van der Waals surface area contributed by atoms with E-state index in [2.05, 4.69) is 34.7 Å². The van der Waals surface area contributed by atoms with Crippen molar-refractivity contribution in [3.8, 4) is 0 Å². The van der Waals surface area contributed by atoms with Crippen LogP contribution in [-0.2, 0) is 0 Å². The SMILES string of the molecule is CCNC(=NCC(O)c1ccc(C)cc1)NC(C)c1ccccc1. The molecule has 0 fully saturated rings. The molecule has 0 spiro atoms. The zero-order valence-electron chi connectivity index (χ0n) is 14.7. The molecule has 0 saturated carbocycles. The van der Waals surface area contributed by atoms with Crippen molar-refractivity contribution in [3.05, 3.63) is 71.3 Å². The van der Waals surface area contributed by atoms with Gasteiger partial charge in [0.2, 0.25) is 0 Å². The van der Waals surface area contributed by atoms with Crippen molar-refractivity contribution in [1.29, 1.82) is 0 Å². The van der Waals surface area contributed by atoms with Crippen LogP contribution in [0.5, 0.6) is 0 Å². The van der Waals surface area contributed by atoms with Gasteiger partial charge in [-0.25, -0.2) is 0 Å². The zero-order chi connectivity index (χ0) is 17.4. The second-order valence-electron chi connectivity index (χ2n) is 5.92. The number of hydrogen-bond donors (Lipinski definition) is 3. The average Bonchev–Trinajstić information content (AvgIpc) is 2.61. The first-order chi connectivity index (χ1) is 11.6. The van der Waals surface area contributed by atoms with Gasteiger partial charge in [0.15, 0.2) is 5.96 Å². The summed E-state index contributed by atoms with van der Waals surface area (Å²) in [6.07, 6.45) is -0.604. The first-order valence-corrected chi connectivity index (χ1v) is 8.44. The van der Waals surface area contributed by atoms with E-state index in [1.54, 1.807) is 0 Å². The molecule has 0 aliphatic heterocycles. The molecule has 128 valence electrons. The summed E-state index contributed by atoms with van der Waals surface area (Å²) in [7, 11) is 0. The number of benzene rings is 2. The Hall–Kier alpha value is -2.33. The monoisotopic (exact) mass is 325 g/mol. The molecule has 0 heterocycles. The minimum absolute atomic E-state index is 0.139. The Bertz CT molecular complexity index is 638. The lowest BCUT2D eigenvalue weighted by molar-refractivity contribution is 0.187. The van der Waals surface area contributed by atoms with Crippen LogP contribution < -0.4 is 10.6 Å². The molecule has 4 heteroatoms. The molecule has 0 aliphatic carbocycles. The van der Waals surface area contributed by atoms with E-state index in [4.69, 9.17) is 0 Å². The van der Waals surface area contributed by atoms with E-state index in [1.165, 1.54) is 11.1 Å². The van der Waals surface area contributed by atoms with Crippen molar-refractivity contribution in [1.82, 2.24) is 10.6 Å². The number of nitrogens with one attached hydrogen (secondary N) is 2. The Morgan fingerprint density at radius 3 is 2.33 bits per heavy atom. The Kier molecular flexibility index (Phi) is 6.82. The number of rotatable bonds is 6. The molecule has 0 aliphatic rings. The van der Waals surface area contributed by atoms with E-state index >= 15 is 0 Å². The van der Waals surface area contributed by atoms with Gasteiger partial charge in [-0.2, -0.15) is 0 Å².